The van der Waals surface area contributed by atoms with E-state index in [2.05, 4.69) is 11.8 Å². The molecule has 0 spiro atoms. The number of benzene rings is 1. The minimum atomic E-state index is -0.373. The van der Waals surface area contributed by atoms with Crippen molar-refractivity contribution < 1.29 is 9.13 Å². The van der Waals surface area contributed by atoms with E-state index in [4.69, 9.17) is 10.5 Å². The molecule has 0 fully saturated rings. The first kappa shape index (κ1) is 11.5. The average molecular weight is 207 g/mol. The van der Waals surface area contributed by atoms with Gasteiger partial charge in [0.2, 0.25) is 0 Å². The number of nitrogens with two attached hydrogens (primary N) is 1. The van der Waals surface area contributed by atoms with Gasteiger partial charge in [-0.25, -0.2) is 4.39 Å². The molecule has 0 aliphatic carbocycles. The summed E-state index contributed by atoms with van der Waals surface area (Å²) in [4.78, 5) is 0. The molecule has 1 aromatic carbocycles. The Morgan fingerprint density at radius 2 is 2.27 bits per heavy atom. The normalized spacial score (nSPS) is 9.27. The highest BCUT2D eigenvalue weighted by Crippen LogP contribution is 2.22. The summed E-state index contributed by atoms with van der Waals surface area (Å²) in [5.41, 5.74) is 6.16. The molecule has 0 saturated carbocycles. The molecule has 0 aliphatic heterocycles. The van der Waals surface area contributed by atoms with Crippen LogP contribution in [0, 0.1) is 17.7 Å². The van der Waals surface area contributed by atoms with E-state index in [9.17, 15) is 4.39 Å². The molecule has 0 heterocycles. The highest BCUT2D eigenvalue weighted by molar-refractivity contribution is 5.34. The van der Waals surface area contributed by atoms with Gasteiger partial charge in [0.05, 0.1) is 6.61 Å². The van der Waals surface area contributed by atoms with Gasteiger partial charge in [-0.05, 0) is 13.0 Å². The van der Waals surface area contributed by atoms with Crippen molar-refractivity contribution in [3.8, 4) is 17.6 Å². The lowest BCUT2D eigenvalue weighted by Gasteiger charge is -2.09. The Balaban J connectivity index is 2.68. The van der Waals surface area contributed by atoms with Crippen molar-refractivity contribution in [1.82, 2.24) is 0 Å². The zero-order chi connectivity index (χ0) is 11.1. The van der Waals surface area contributed by atoms with Crippen LogP contribution in [0.4, 0.5) is 4.39 Å². The maximum absolute atomic E-state index is 13.3. The Morgan fingerprint density at radius 1 is 1.47 bits per heavy atom. The van der Waals surface area contributed by atoms with Crippen molar-refractivity contribution >= 4 is 0 Å². The van der Waals surface area contributed by atoms with Gasteiger partial charge in [0, 0.05) is 18.5 Å². The SMILES string of the molecule is CC#CCCOc1c(F)cccc1CN. The fourth-order valence-electron chi connectivity index (χ4n) is 1.21. The van der Waals surface area contributed by atoms with Crippen LogP contribution in [0.5, 0.6) is 5.75 Å². The fraction of sp³-hybridized carbons (Fsp3) is 0.333. The number of ether oxygens (including phenoxy) is 1. The molecule has 0 aliphatic rings. The molecule has 2 N–H and O–H groups in total. The second-order valence-electron chi connectivity index (χ2n) is 2.96. The minimum absolute atomic E-state index is 0.248. The van der Waals surface area contributed by atoms with Crippen molar-refractivity contribution in [3.63, 3.8) is 0 Å². The zero-order valence-electron chi connectivity index (χ0n) is 8.72. The molecule has 0 radical (unpaired) electrons. The van der Waals surface area contributed by atoms with Crippen LogP contribution in [0.25, 0.3) is 0 Å². The lowest BCUT2D eigenvalue weighted by atomic mass is 10.2. The van der Waals surface area contributed by atoms with Gasteiger partial charge in [-0.15, -0.1) is 11.8 Å². The van der Waals surface area contributed by atoms with Gasteiger partial charge >= 0.3 is 0 Å². The first-order chi connectivity index (χ1) is 7.29. The maximum Gasteiger partial charge on any atom is 0.165 e. The zero-order valence-corrected chi connectivity index (χ0v) is 8.72. The standard InChI is InChI=1S/C12H14FNO/c1-2-3-4-8-15-12-10(9-14)6-5-7-11(12)13/h5-7H,4,8-9,14H2,1H3. The summed E-state index contributed by atoms with van der Waals surface area (Å²) < 4.78 is 18.6. The Kier molecular flexibility index (Phi) is 4.65. The maximum atomic E-state index is 13.3. The first-order valence-electron chi connectivity index (χ1n) is 4.79. The Hall–Kier alpha value is -1.53. The molecule has 1 rings (SSSR count). The highest BCUT2D eigenvalue weighted by atomic mass is 19.1. The summed E-state index contributed by atoms with van der Waals surface area (Å²) in [7, 11) is 0. The molecule has 15 heavy (non-hydrogen) atoms. The summed E-state index contributed by atoms with van der Waals surface area (Å²) in [6.07, 6.45) is 0.592. The molecule has 0 saturated heterocycles. The van der Waals surface area contributed by atoms with Crippen LogP contribution in [0.2, 0.25) is 0 Å². The van der Waals surface area contributed by atoms with E-state index in [0.717, 1.165) is 0 Å². The summed E-state index contributed by atoms with van der Waals surface area (Å²) in [5.74, 6) is 5.47. The summed E-state index contributed by atoms with van der Waals surface area (Å²) >= 11 is 0. The molecule has 0 atom stereocenters. The van der Waals surface area contributed by atoms with Crippen LogP contribution in [0.3, 0.4) is 0 Å². The third-order valence-electron chi connectivity index (χ3n) is 1.92. The average Bonchev–Trinajstić information content (AvgIpc) is 2.26. The second kappa shape index (κ2) is 6.05. The Labute approximate surface area is 89.2 Å². The highest BCUT2D eigenvalue weighted by Gasteiger charge is 2.07. The molecule has 3 heteroatoms. The molecular formula is C12H14FNO. The quantitative estimate of drug-likeness (QED) is 0.606. The van der Waals surface area contributed by atoms with Gasteiger partial charge < -0.3 is 10.5 Å². The van der Waals surface area contributed by atoms with Gasteiger partial charge in [0.25, 0.3) is 0 Å². The predicted octanol–water partition coefficient (Wildman–Crippen LogP) is 2.08. The van der Waals surface area contributed by atoms with E-state index >= 15 is 0 Å². The van der Waals surface area contributed by atoms with Crippen LogP contribution >= 0.6 is 0 Å². The van der Waals surface area contributed by atoms with Crippen LogP contribution in [0.1, 0.15) is 18.9 Å². The lowest BCUT2D eigenvalue weighted by molar-refractivity contribution is 0.306. The first-order valence-corrected chi connectivity index (χ1v) is 4.79. The molecule has 0 bridgehead atoms. The molecule has 80 valence electrons. The lowest BCUT2D eigenvalue weighted by Crippen LogP contribution is -2.05. The summed E-state index contributed by atoms with van der Waals surface area (Å²) in [6, 6.07) is 4.74. The summed E-state index contributed by atoms with van der Waals surface area (Å²) in [5, 5.41) is 0. The second-order valence-corrected chi connectivity index (χ2v) is 2.96. The van der Waals surface area contributed by atoms with E-state index in [1.165, 1.54) is 6.07 Å². The molecule has 2 nitrogen and oxygen atoms in total. The fourth-order valence-corrected chi connectivity index (χ4v) is 1.21. The van der Waals surface area contributed by atoms with Gasteiger partial charge in [0.1, 0.15) is 0 Å². The Bertz CT molecular complexity index is 379. The van der Waals surface area contributed by atoms with Crippen LogP contribution in [-0.4, -0.2) is 6.61 Å². The number of halogens is 1. The van der Waals surface area contributed by atoms with E-state index in [1.807, 2.05) is 0 Å². The largest absolute Gasteiger partial charge is 0.489 e. The number of hydrogen-bond donors (Lipinski definition) is 1. The smallest absolute Gasteiger partial charge is 0.165 e. The van der Waals surface area contributed by atoms with Crippen LogP contribution in [-0.2, 0) is 6.54 Å². The summed E-state index contributed by atoms with van der Waals surface area (Å²) in [6.45, 7) is 2.41. The minimum Gasteiger partial charge on any atom is -0.489 e. The molecule has 0 amide bonds. The third-order valence-corrected chi connectivity index (χ3v) is 1.92. The molecule has 0 aromatic heterocycles. The van der Waals surface area contributed by atoms with Crippen molar-refractivity contribution in [2.75, 3.05) is 6.61 Å². The number of rotatable bonds is 4. The van der Waals surface area contributed by atoms with Gasteiger partial charge in [-0.2, -0.15) is 0 Å². The van der Waals surface area contributed by atoms with Gasteiger partial charge in [0.15, 0.2) is 11.6 Å². The molecular weight excluding hydrogens is 193 g/mol. The van der Waals surface area contributed by atoms with E-state index in [1.54, 1.807) is 19.1 Å². The van der Waals surface area contributed by atoms with E-state index < -0.39 is 0 Å². The van der Waals surface area contributed by atoms with Crippen LogP contribution in [0.15, 0.2) is 18.2 Å². The third kappa shape index (κ3) is 3.26. The Morgan fingerprint density at radius 3 is 2.93 bits per heavy atom. The van der Waals surface area contributed by atoms with Crippen molar-refractivity contribution in [3.05, 3.63) is 29.6 Å². The van der Waals surface area contributed by atoms with Gasteiger partial charge in [-0.1, -0.05) is 12.1 Å². The number of para-hydroxylation sites is 1. The number of hydrogen-bond acceptors (Lipinski definition) is 2. The molecule has 0 unspecified atom stereocenters. The predicted molar refractivity (Wildman–Crippen MR) is 57.9 cm³/mol. The van der Waals surface area contributed by atoms with E-state index in [-0.39, 0.29) is 18.1 Å². The van der Waals surface area contributed by atoms with Crippen molar-refractivity contribution in [1.29, 1.82) is 0 Å². The van der Waals surface area contributed by atoms with Crippen molar-refractivity contribution in [2.45, 2.75) is 19.9 Å². The molecule has 1 aromatic rings. The van der Waals surface area contributed by atoms with Crippen LogP contribution < -0.4 is 10.5 Å². The van der Waals surface area contributed by atoms with Crippen molar-refractivity contribution in [2.24, 2.45) is 5.73 Å². The monoisotopic (exact) mass is 207 g/mol. The van der Waals surface area contributed by atoms with Gasteiger partial charge in [-0.3, -0.25) is 0 Å². The van der Waals surface area contributed by atoms with E-state index in [0.29, 0.717) is 18.6 Å². The topological polar surface area (TPSA) is 35.2 Å².